The van der Waals surface area contributed by atoms with Crippen molar-refractivity contribution in [3.63, 3.8) is 0 Å². The molecule has 0 bridgehead atoms. The van der Waals surface area contributed by atoms with Gasteiger partial charge in [-0.15, -0.1) is 11.3 Å². The van der Waals surface area contributed by atoms with Crippen LogP contribution in [-0.2, 0) is 25.7 Å². The summed E-state index contributed by atoms with van der Waals surface area (Å²) in [5.41, 5.74) is 4.96. The summed E-state index contributed by atoms with van der Waals surface area (Å²) in [5.74, 6) is -1.68. The highest BCUT2D eigenvalue weighted by Crippen LogP contribution is 2.31. The van der Waals surface area contributed by atoms with Crippen molar-refractivity contribution < 1.29 is 34.4 Å². The van der Waals surface area contributed by atoms with Gasteiger partial charge in [-0.3, -0.25) is 14.4 Å². The molecule has 0 spiro atoms. The number of carbonyl (C=O) groups excluding carboxylic acids is 2. The highest BCUT2D eigenvalue weighted by Gasteiger charge is 2.37. The molecule has 0 amide bonds. The van der Waals surface area contributed by atoms with Crippen LogP contribution in [-0.4, -0.2) is 55.6 Å². The van der Waals surface area contributed by atoms with Crippen molar-refractivity contribution >= 4 is 40.9 Å². The molecule has 1 fully saturated rings. The number of ketones is 2. The Hall–Kier alpha value is -3.23. The first-order chi connectivity index (χ1) is 15.6. The summed E-state index contributed by atoms with van der Waals surface area (Å²) in [4.78, 5) is 45.1. The van der Waals surface area contributed by atoms with Crippen LogP contribution in [0.5, 0.6) is 5.75 Å². The van der Waals surface area contributed by atoms with Crippen LogP contribution in [0, 0.1) is 0 Å². The average molecular weight is 478 g/mol. The highest BCUT2D eigenvalue weighted by atomic mass is 32.1. The Balaban J connectivity index is 1.72. The maximum atomic E-state index is 13.0. The van der Waals surface area contributed by atoms with Gasteiger partial charge in [0.1, 0.15) is 17.2 Å². The second-order valence-corrected chi connectivity index (χ2v) is 8.55. The Morgan fingerprint density at radius 1 is 1.42 bits per heavy atom. The molecule has 0 unspecified atom stereocenters. The number of hydrogen-bond acceptors (Lipinski definition) is 12. The summed E-state index contributed by atoms with van der Waals surface area (Å²) in [6.07, 6.45) is 1.50. The van der Waals surface area contributed by atoms with Crippen LogP contribution in [0.4, 0.5) is 5.13 Å². The largest absolute Gasteiger partial charge is 0.503 e. The minimum Gasteiger partial charge on any atom is -0.503 e. The first-order valence-corrected chi connectivity index (χ1v) is 10.9. The number of anilines is 1. The summed E-state index contributed by atoms with van der Waals surface area (Å²) in [7, 11) is -1.21. The predicted molar refractivity (Wildman–Crippen MR) is 118 cm³/mol. The van der Waals surface area contributed by atoms with E-state index in [1.165, 1.54) is 12.3 Å². The lowest BCUT2D eigenvalue weighted by Crippen LogP contribution is -2.38. The maximum absolute atomic E-state index is 13.0. The molecular formula is C19H23BN4O8S. The number of rotatable bonds is 9. The van der Waals surface area contributed by atoms with Crippen LogP contribution in [0.2, 0.25) is 5.82 Å². The summed E-state index contributed by atoms with van der Waals surface area (Å²) < 4.78 is 5.97. The first kappa shape index (κ1) is 24.4. The summed E-state index contributed by atoms with van der Waals surface area (Å²) in [6, 6.07) is 0.959. The Labute approximate surface area is 192 Å². The van der Waals surface area contributed by atoms with Gasteiger partial charge in [0, 0.05) is 36.2 Å². The van der Waals surface area contributed by atoms with Crippen molar-refractivity contribution in [3.05, 3.63) is 39.3 Å². The van der Waals surface area contributed by atoms with E-state index in [-0.39, 0.29) is 53.6 Å². The van der Waals surface area contributed by atoms with Gasteiger partial charge < -0.3 is 30.6 Å². The van der Waals surface area contributed by atoms with Gasteiger partial charge in [0.25, 0.3) is 0 Å². The molecular weight excluding hydrogens is 455 g/mol. The van der Waals surface area contributed by atoms with Crippen molar-refractivity contribution in [1.82, 2.24) is 9.71 Å². The molecule has 1 saturated heterocycles. The second kappa shape index (κ2) is 10.6. The minimum absolute atomic E-state index is 0.0150. The van der Waals surface area contributed by atoms with E-state index in [1.807, 2.05) is 0 Å². The van der Waals surface area contributed by atoms with Gasteiger partial charge in [-0.05, 0) is 19.8 Å². The Morgan fingerprint density at radius 2 is 2.18 bits per heavy atom. The third-order valence-electron chi connectivity index (χ3n) is 5.04. The molecule has 5 N–H and O–H groups in total. The Bertz CT molecular complexity index is 1120. The van der Waals surface area contributed by atoms with Crippen molar-refractivity contribution in [2.24, 2.45) is 5.16 Å². The lowest BCUT2D eigenvalue weighted by molar-refractivity contribution is -0.119. The fraction of sp³-hybridized carbons (Fsp3) is 0.421. The Kier molecular flexibility index (Phi) is 7.84. The van der Waals surface area contributed by atoms with Crippen LogP contribution >= 0.6 is 11.3 Å². The highest BCUT2D eigenvalue weighted by molar-refractivity contribution is 7.13. The number of nitrogen functional groups attached to an aromatic ring is 1. The standard InChI is InChI=1S/C19H23BN4O8S/c1-10(25)4-13-3-2-11(20(29)32-13)5-16(27)18(14-9-33-19(21)22-14)23-31-8-12-6-15(26)17(28)7-24(12)30/h6-7,9,11,13,28-30H,2-5,8H2,1H3,(H2,21,22)/b23-18+/t11-,13+/m1/s1. The van der Waals surface area contributed by atoms with E-state index in [0.29, 0.717) is 17.6 Å². The van der Waals surface area contributed by atoms with Gasteiger partial charge >= 0.3 is 7.12 Å². The zero-order chi connectivity index (χ0) is 24.1. The zero-order valence-electron chi connectivity index (χ0n) is 17.7. The lowest BCUT2D eigenvalue weighted by Gasteiger charge is -2.30. The van der Waals surface area contributed by atoms with E-state index in [4.69, 9.17) is 15.2 Å². The van der Waals surface area contributed by atoms with Gasteiger partial charge in [-0.1, -0.05) is 5.16 Å². The maximum Gasteiger partial charge on any atom is 0.458 e. The van der Waals surface area contributed by atoms with E-state index in [9.17, 15) is 29.7 Å². The molecule has 1 aliphatic heterocycles. The molecule has 0 radical (unpaired) electrons. The molecule has 2 atom stereocenters. The molecule has 2 aromatic rings. The number of aromatic hydroxyl groups is 1. The van der Waals surface area contributed by atoms with Crippen molar-refractivity contribution in [3.8, 4) is 5.75 Å². The number of nitrogens with two attached hydrogens (primary N) is 1. The van der Waals surface area contributed by atoms with E-state index in [2.05, 4.69) is 10.1 Å². The number of pyridine rings is 1. The molecule has 2 aromatic heterocycles. The third kappa shape index (κ3) is 6.40. The van der Waals surface area contributed by atoms with Gasteiger partial charge in [0.15, 0.2) is 29.0 Å². The number of hydrogen-bond donors (Lipinski definition) is 4. The zero-order valence-corrected chi connectivity index (χ0v) is 18.5. The first-order valence-electron chi connectivity index (χ1n) is 10.0. The molecule has 1 aliphatic rings. The molecule has 0 aliphatic carbocycles. The predicted octanol–water partition coefficient (Wildman–Crippen LogP) is 0.719. The fourth-order valence-corrected chi connectivity index (χ4v) is 3.94. The minimum atomic E-state index is -1.21. The normalized spacial score (nSPS) is 18.8. The van der Waals surface area contributed by atoms with Crippen molar-refractivity contribution in [2.75, 3.05) is 5.73 Å². The number of carbonyl (C=O) groups is 2. The van der Waals surface area contributed by atoms with Crippen LogP contribution in [0.15, 0.2) is 27.6 Å². The van der Waals surface area contributed by atoms with E-state index in [0.717, 1.165) is 23.6 Å². The summed E-state index contributed by atoms with van der Waals surface area (Å²) >= 11 is 1.10. The van der Waals surface area contributed by atoms with E-state index >= 15 is 0 Å². The molecule has 0 saturated carbocycles. The van der Waals surface area contributed by atoms with E-state index < -0.39 is 29.9 Å². The van der Waals surface area contributed by atoms with Crippen LogP contribution in [0.25, 0.3) is 0 Å². The van der Waals surface area contributed by atoms with Crippen LogP contribution in [0.3, 0.4) is 0 Å². The number of oxime groups is 1. The molecule has 3 rings (SSSR count). The molecule has 0 aromatic carbocycles. The molecule has 14 heteroatoms. The van der Waals surface area contributed by atoms with Crippen molar-refractivity contribution in [2.45, 2.75) is 51.1 Å². The third-order valence-corrected chi connectivity index (χ3v) is 5.72. The monoisotopic (exact) mass is 478 g/mol. The molecule has 3 heterocycles. The molecule has 12 nitrogen and oxygen atoms in total. The van der Waals surface area contributed by atoms with Crippen LogP contribution in [0.1, 0.15) is 44.0 Å². The average Bonchev–Trinajstić information content (AvgIpc) is 3.16. The van der Waals surface area contributed by atoms with Gasteiger partial charge in [0.2, 0.25) is 5.43 Å². The lowest BCUT2D eigenvalue weighted by atomic mass is 9.64. The topological polar surface area (TPSA) is 187 Å². The van der Waals surface area contributed by atoms with Gasteiger partial charge in [0.05, 0.1) is 6.20 Å². The van der Waals surface area contributed by atoms with Crippen molar-refractivity contribution in [1.29, 1.82) is 0 Å². The molecule has 176 valence electrons. The number of Topliss-reactive ketones (excluding diaryl/α,β-unsaturated/α-hetero) is 2. The second-order valence-electron chi connectivity index (χ2n) is 7.66. The van der Waals surface area contributed by atoms with Crippen LogP contribution < -0.4 is 11.2 Å². The smallest absolute Gasteiger partial charge is 0.458 e. The quantitative estimate of drug-likeness (QED) is 0.173. The summed E-state index contributed by atoms with van der Waals surface area (Å²) in [6.45, 7) is 1.06. The number of nitrogens with zero attached hydrogens (tertiary/aromatic N) is 3. The summed E-state index contributed by atoms with van der Waals surface area (Å²) in [5, 5.41) is 35.0. The number of aromatic nitrogens is 2. The van der Waals surface area contributed by atoms with E-state index in [1.54, 1.807) is 0 Å². The Morgan fingerprint density at radius 3 is 2.82 bits per heavy atom. The fourth-order valence-electron chi connectivity index (χ4n) is 3.39. The SMILES string of the molecule is CC(=O)C[C@@H]1CC[C@H](CC(=O)/C(=N/OCc2cc(=O)c(O)cn2O)c2csc(N)n2)B(O)O1. The number of thiazole rings is 1. The van der Waals surface area contributed by atoms with Gasteiger partial charge in [-0.2, -0.15) is 4.73 Å². The van der Waals surface area contributed by atoms with Gasteiger partial charge in [-0.25, -0.2) is 4.98 Å². The molecule has 33 heavy (non-hydrogen) atoms.